The summed E-state index contributed by atoms with van der Waals surface area (Å²) in [5.74, 6) is -6.95. The van der Waals surface area contributed by atoms with Crippen molar-refractivity contribution < 1.29 is 47.8 Å². The molecule has 0 radical (unpaired) electrons. The Hall–Kier alpha value is -4.44. The van der Waals surface area contributed by atoms with Gasteiger partial charge in [-0.25, -0.2) is 0 Å². The van der Waals surface area contributed by atoms with E-state index in [0.29, 0.717) is 11.3 Å². The average Bonchev–Trinajstić information content (AvgIpc) is 2.92. The van der Waals surface area contributed by atoms with Gasteiger partial charge in [0, 0.05) is 31.3 Å². The summed E-state index contributed by atoms with van der Waals surface area (Å²) >= 11 is 0. The van der Waals surface area contributed by atoms with Crippen molar-refractivity contribution >= 4 is 44.7 Å². The Balaban J connectivity index is 0.000000354. The quantitative estimate of drug-likeness (QED) is 0.106. The molecule has 2 unspecified atom stereocenters. The molecular formula is C30H36N4O10S. The molecule has 0 bridgehead atoms. The molecule has 4 atom stereocenters. The number of aliphatic hydroxyl groups is 3. The van der Waals surface area contributed by atoms with Gasteiger partial charge in [0.2, 0.25) is 5.78 Å². The molecule has 242 valence electrons. The number of likely N-dealkylation sites (N-methyl/N-ethyl adjacent to an activating group) is 1. The summed E-state index contributed by atoms with van der Waals surface area (Å²) in [4.78, 5) is 42.0. The normalized spacial score (nSPS) is 24.4. The Labute approximate surface area is 259 Å². The predicted molar refractivity (Wildman–Crippen MR) is 164 cm³/mol. The summed E-state index contributed by atoms with van der Waals surface area (Å²) in [6.45, 7) is 1.84. The highest BCUT2D eigenvalue weighted by Gasteiger charge is 2.64. The number of nitrogens with two attached hydrogens (primary N) is 2. The molecule has 3 aliphatic rings. The van der Waals surface area contributed by atoms with Gasteiger partial charge in [-0.1, -0.05) is 17.7 Å². The number of hydrogen-bond donors (Lipinski definition) is 7. The maximum atomic E-state index is 13.7. The second kappa shape index (κ2) is 11.5. The third-order valence-electron chi connectivity index (χ3n) is 8.53. The number of Topliss-reactive ketones (excluding diaryl/α,β-unsaturated/α-hetero) is 2. The molecule has 1 fully saturated rings. The number of carbonyl (C=O) groups is 3. The number of aliphatic hydroxyl groups excluding tert-OH is 2. The molecular weight excluding hydrogens is 608 g/mol. The molecule has 2 aromatic carbocycles. The van der Waals surface area contributed by atoms with E-state index >= 15 is 0 Å². The van der Waals surface area contributed by atoms with Crippen molar-refractivity contribution in [3.63, 3.8) is 0 Å². The number of ketones is 2. The highest BCUT2D eigenvalue weighted by atomic mass is 32.2. The lowest BCUT2D eigenvalue weighted by atomic mass is 9.57. The SMILES string of the molecule is CN(C)c1cc(N)c(O)c2c1CC1CC3[C@H](N(C)C)C(=O)C(C(N)=O)=C(O)[C@@]3(O)C(=O)C1=C2O.Cc1ccc(S(=O)(=O)O)cc1. The van der Waals surface area contributed by atoms with Crippen LogP contribution in [0.3, 0.4) is 0 Å². The highest BCUT2D eigenvalue weighted by molar-refractivity contribution is 7.85. The summed E-state index contributed by atoms with van der Waals surface area (Å²) in [5, 5.41) is 44.2. The fourth-order valence-corrected chi connectivity index (χ4v) is 6.90. The van der Waals surface area contributed by atoms with Gasteiger partial charge >= 0.3 is 0 Å². The van der Waals surface area contributed by atoms with Gasteiger partial charge in [0.15, 0.2) is 11.4 Å². The second-order valence-electron chi connectivity index (χ2n) is 11.8. The summed E-state index contributed by atoms with van der Waals surface area (Å²) in [6, 6.07) is 6.43. The number of rotatable bonds is 4. The topological polar surface area (TPSA) is 245 Å². The second-order valence-corrected chi connectivity index (χ2v) is 13.3. The van der Waals surface area contributed by atoms with Gasteiger partial charge in [-0.15, -0.1) is 0 Å². The number of phenols is 1. The first-order valence-electron chi connectivity index (χ1n) is 13.8. The van der Waals surface area contributed by atoms with Crippen LogP contribution in [0.15, 0.2) is 52.1 Å². The Bertz CT molecular complexity index is 1780. The van der Waals surface area contributed by atoms with E-state index in [-0.39, 0.29) is 34.6 Å². The Morgan fingerprint density at radius 1 is 1.04 bits per heavy atom. The Morgan fingerprint density at radius 3 is 2.11 bits per heavy atom. The van der Waals surface area contributed by atoms with Crippen LogP contribution in [0.2, 0.25) is 0 Å². The van der Waals surface area contributed by atoms with E-state index in [4.69, 9.17) is 16.0 Å². The molecule has 0 aromatic heterocycles. The fraction of sp³-hybridized carbons (Fsp3) is 0.367. The van der Waals surface area contributed by atoms with Crippen LogP contribution in [-0.4, -0.2) is 95.6 Å². The largest absolute Gasteiger partial charge is 0.508 e. The van der Waals surface area contributed by atoms with Crippen LogP contribution in [0.25, 0.3) is 5.76 Å². The minimum absolute atomic E-state index is 0.0115. The molecule has 45 heavy (non-hydrogen) atoms. The molecule has 1 amide bonds. The number of aryl methyl sites for hydroxylation is 1. The number of hydrogen-bond acceptors (Lipinski definition) is 12. The number of anilines is 2. The molecule has 5 rings (SSSR count). The summed E-state index contributed by atoms with van der Waals surface area (Å²) < 4.78 is 29.6. The molecule has 3 aliphatic carbocycles. The number of carbonyl (C=O) groups excluding carboxylic acids is 3. The van der Waals surface area contributed by atoms with Crippen LogP contribution in [-0.2, 0) is 30.9 Å². The number of nitrogen functional groups attached to an aromatic ring is 1. The van der Waals surface area contributed by atoms with Gasteiger partial charge in [-0.05, 0) is 63.5 Å². The van der Waals surface area contributed by atoms with Crippen molar-refractivity contribution in [3.05, 3.63) is 63.9 Å². The Kier molecular flexibility index (Phi) is 8.54. The van der Waals surface area contributed by atoms with Crippen LogP contribution >= 0.6 is 0 Å². The van der Waals surface area contributed by atoms with Crippen LogP contribution in [0.1, 0.15) is 23.1 Å². The van der Waals surface area contributed by atoms with E-state index in [1.54, 1.807) is 51.3 Å². The highest BCUT2D eigenvalue weighted by Crippen LogP contribution is 2.54. The molecule has 0 aliphatic heterocycles. The molecule has 0 heterocycles. The number of fused-ring (bicyclic) bond motifs is 3. The monoisotopic (exact) mass is 644 g/mol. The van der Waals surface area contributed by atoms with Gasteiger partial charge in [-0.3, -0.25) is 23.8 Å². The van der Waals surface area contributed by atoms with Crippen molar-refractivity contribution in [2.45, 2.75) is 36.3 Å². The van der Waals surface area contributed by atoms with Crippen molar-refractivity contribution in [3.8, 4) is 5.75 Å². The molecule has 2 aromatic rings. The minimum Gasteiger partial charge on any atom is -0.508 e. The first-order chi connectivity index (χ1) is 20.7. The minimum atomic E-state index is -4.02. The lowest BCUT2D eigenvalue weighted by Crippen LogP contribution is -2.65. The number of nitrogens with zero attached hydrogens (tertiary/aromatic N) is 2. The van der Waals surface area contributed by atoms with E-state index in [0.717, 1.165) is 5.56 Å². The van der Waals surface area contributed by atoms with Crippen molar-refractivity contribution in [1.82, 2.24) is 4.90 Å². The first-order valence-corrected chi connectivity index (χ1v) is 15.2. The number of amides is 1. The van der Waals surface area contributed by atoms with Crippen LogP contribution in [0, 0.1) is 18.8 Å². The van der Waals surface area contributed by atoms with E-state index in [9.17, 15) is 43.2 Å². The van der Waals surface area contributed by atoms with Crippen LogP contribution < -0.4 is 16.4 Å². The van der Waals surface area contributed by atoms with E-state index < -0.39 is 73.9 Å². The summed E-state index contributed by atoms with van der Waals surface area (Å²) in [7, 11) is 2.62. The van der Waals surface area contributed by atoms with Crippen molar-refractivity contribution in [1.29, 1.82) is 0 Å². The standard InChI is InChI=1S/C23H28N4O7.C7H8O3S/c1-26(2)12-7-11(24)17(28)14-9(12)5-8-6-10-16(27(3)4)19(30)15(22(25)33)21(32)23(10,34)20(31)13(8)18(14)29;1-6-2-4-7(5-3-6)11(8,9)10/h7-8,10,16,28-29,32,34H,5-6,24H2,1-4H3,(H2,25,33);2-5H,1H3,(H,8,9,10)/t8?,10?,16-,23-;/m0./s1. The zero-order chi connectivity index (χ0) is 33.9. The zero-order valence-electron chi connectivity index (χ0n) is 25.3. The smallest absolute Gasteiger partial charge is 0.294 e. The maximum absolute atomic E-state index is 13.7. The molecule has 1 saturated carbocycles. The molecule has 9 N–H and O–H groups in total. The number of benzene rings is 2. The fourth-order valence-electron chi connectivity index (χ4n) is 6.42. The van der Waals surface area contributed by atoms with Gasteiger partial charge in [0.25, 0.3) is 16.0 Å². The van der Waals surface area contributed by atoms with Gasteiger partial charge in [0.05, 0.1) is 22.2 Å². The molecule has 15 heteroatoms. The van der Waals surface area contributed by atoms with Crippen LogP contribution in [0.4, 0.5) is 11.4 Å². The van der Waals surface area contributed by atoms with Crippen molar-refractivity contribution in [2.24, 2.45) is 17.6 Å². The number of primary amides is 1. The summed E-state index contributed by atoms with van der Waals surface area (Å²) in [6.07, 6.45) is 0.236. The van der Waals surface area contributed by atoms with Gasteiger partial charge in [0.1, 0.15) is 22.8 Å². The van der Waals surface area contributed by atoms with E-state index in [2.05, 4.69) is 0 Å². The summed E-state index contributed by atoms with van der Waals surface area (Å²) in [5.41, 5.74) is 9.63. The number of phenolic OH excluding ortho intramolecular Hbond substituents is 1. The zero-order valence-corrected chi connectivity index (χ0v) is 26.1. The predicted octanol–water partition coefficient (Wildman–Crippen LogP) is 0.854. The molecule has 0 spiro atoms. The van der Waals surface area contributed by atoms with E-state index in [1.807, 2.05) is 6.92 Å². The van der Waals surface area contributed by atoms with Crippen LogP contribution in [0.5, 0.6) is 5.75 Å². The molecule has 0 saturated heterocycles. The average molecular weight is 645 g/mol. The lowest BCUT2D eigenvalue weighted by molar-refractivity contribution is -0.153. The third kappa shape index (κ3) is 5.41. The first kappa shape index (κ1) is 33.5. The van der Waals surface area contributed by atoms with Gasteiger partial charge in [-0.2, -0.15) is 8.42 Å². The molecule has 14 nitrogen and oxygen atoms in total. The van der Waals surface area contributed by atoms with Crippen molar-refractivity contribution in [2.75, 3.05) is 38.8 Å². The number of aromatic hydroxyl groups is 1. The third-order valence-corrected chi connectivity index (χ3v) is 9.40. The van der Waals surface area contributed by atoms with E-state index in [1.165, 1.54) is 17.0 Å². The maximum Gasteiger partial charge on any atom is 0.294 e. The van der Waals surface area contributed by atoms with Gasteiger partial charge < -0.3 is 36.8 Å². The lowest BCUT2D eigenvalue weighted by Gasteiger charge is -2.50. The Morgan fingerprint density at radius 2 is 1.62 bits per heavy atom.